The Hall–Kier alpha value is -2.29. The van der Waals surface area contributed by atoms with E-state index in [0.717, 1.165) is 43.1 Å². The van der Waals surface area contributed by atoms with Crippen LogP contribution in [0.5, 0.6) is 5.75 Å². The zero-order valence-electron chi connectivity index (χ0n) is 12.1. The molecule has 3 nitrogen and oxygen atoms in total. The lowest BCUT2D eigenvalue weighted by Gasteiger charge is -2.11. The molecule has 0 unspecified atom stereocenters. The molecular formula is C18H20N2O. The summed E-state index contributed by atoms with van der Waals surface area (Å²) >= 11 is 0. The van der Waals surface area contributed by atoms with E-state index in [1.807, 2.05) is 24.3 Å². The molecule has 0 saturated heterocycles. The van der Waals surface area contributed by atoms with E-state index in [-0.39, 0.29) is 0 Å². The Kier molecular flexibility index (Phi) is 4.52. The molecule has 3 rings (SSSR count). The highest BCUT2D eigenvalue weighted by Crippen LogP contribution is 2.29. The maximum atomic E-state index is 5.97. The van der Waals surface area contributed by atoms with Crippen molar-refractivity contribution in [3.63, 3.8) is 0 Å². The van der Waals surface area contributed by atoms with Crippen LogP contribution in [0, 0.1) is 0 Å². The molecule has 0 aromatic heterocycles. The van der Waals surface area contributed by atoms with Crippen LogP contribution in [-0.4, -0.2) is 25.5 Å². The molecule has 2 aromatic carbocycles. The van der Waals surface area contributed by atoms with Crippen LogP contribution in [-0.2, 0) is 0 Å². The standard InChI is InChI=1S/C18H20N2O/c1-2-7-15(8-3-1)16-9-4-5-10-17(16)21-14-6-11-18-19-12-13-20-18/h1-5,7-10H,6,11-14H2,(H,19,20). The van der Waals surface area contributed by atoms with Crippen molar-refractivity contribution in [3.05, 3.63) is 54.6 Å². The Labute approximate surface area is 125 Å². The average Bonchev–Trinajstić information content (AvgIpc) is 3.06. The summed E-state index contributed by atoms with van der Waals surface area (Å²) in [5.41, 5.74) is 2.34. The topological polar surface area (TPSA) is 33.6 Å². The van der Waals surface area contributed by atoms with Gasteiger partial charge in [-0.3, -0.25) is 4.99 Å². The van der Waals surface area contributed by atoms with Gasteiger partial charge in [-0.15, -0.1) is 0 Å². The molecule has 0 radical (unpaired) electrons. The fraction of sp³-hybridized carbons (Fsp3) is 0.278. The fourth-order valence-corrected chi connectivity index (χ4v) is 2.48. The van der Waals surface area contributed by atoms with Crippen molar-refractivity contribution < 1.29 is 4.74 Å². The zero-order valence-corrected chi connectivity index (χ0v) is 12.1. The first kappa shape index (κ1) is 13.7. The molecule has 0 amide bonds. The molecule has 0 fully saturated rings. The zero-order chi connectivity index (χ0) is 14.3. The van der Waals surface area contributed by atoms with Gasteiger partial charge >= 0.3 is 0 Å². The maximum Gasteiger partial charge on any atom is 0.127 e. The fourth-order valence-electron chi connectivity index (χ4n) is 2.48. The Balaban J connectivity index is 1.60. The van der Waals surface area contributed by atoms with Gasteiger partial charge in [0.25, 0.3) is 0 Å². The normalized spacial score (nSPS) is 13.6. The molecule has 3 heteroatoms. The average molecular weight is 280 g/mol. The minimum Gasteiger partial charge on any atom is -0.493 e. The Morgan fingerprint density at radius 2 is 1.81 bits per heavy atom. The van der Waals surface area contributed by atoms with E-state index in [1.54, 1.807) is 0 Å². The first-order chi connectivity index (χ1) is 10.4. The van der Waals surface area contributed by atoms with E-state index in [0.29, 0.717) is 6.61 Å². The summed E-state index contributed by atoms with van der Waals surface area (Å²) in [4.78, 5) is 4.40. The molecule has 0 bridgehead atoms. The van der Waals surface area contributed by atoms with Gasteiger partial charge in [0, 0.05) is 18.5 Å². The van der Waals surface area contributed by atoms with Crippen LogP contribution in [0.2, 0.25) is 0 Å². The molecule has 1 aliphatic rings. The lowest BCUT2D eigenvalue weighted by Crippen LogP contribution is -2.18. The number of benzene rings is 2. The second-order valence-electron chi connectivity index (χ2n) is 5.07. The molecule has 1 heterocycles. The van der Waals surface area contributed by atoms with Crippen molar-refractivity contribution >= 4 is 5.84 Å². The van der Waals surface area contributed by atoms with E-state index in [2.05, 4.69) is 40.6 Å². The van der Waals surface area contributed by atoms with Gasteiger partial charge < -0.3 is 10.1 Å². The largest absolute Gasteiger partial charge is 0.493 e. The lowest BCUT2D eigenvalue weighted by molar-refractivity contribution is 0.314. The highest BCUT2D eigenvalue weighted by molar-refractivity contribution is 5.83. The second-order valence-corrected chi connectivity index (χ2v) is 5.07. The monoisotopic (exact) mass is 280 g/mol. The second kappa shape index (κ2) is 6.93. The number of aliphatic imine (C=N–C) groups is 1. The quantitative estimate of drug-likeness (QED) is 0.821. The number of hydrogen-bond acceptors (Lipinski definition) is 3. The van der Waals surface area contributed by atoms with Crippen LogP contribution >= 0.6 is 0 Å². The van der Waals surface area contributed by atoms with E-state index in [4.69, 9.17) is 4.74 Å². The molecular weight excluding hydrogens is 260 g/mol. The van der Waals surface area contributed by atoms with Crippen LogP contribution < -0.4 is 10.1 Å². The Morgan fingerprint density at radius 3 is 2.62 bits per heavy atom. The molecule has 0 saturated carbocycles. The minimum atomic E-state index is 0.713. The van der Waals surface area contributed by atoms with E-state index < -0.39 is 0 Å². The van der Waals surface area contributed by atoms with Crippen LogP contribution in [0.3, 0.4) is 0 Å². The van der Waals surface area contributed by atoms with Crippen LogP contribution in [0.4, 0.5) is 0 Å². The van der Waals surface area contributed by atoms with Gasteiger partial charge in [-0.2, -0.15) is 0 Å². The van der Waals surface area contributed by atoms with E-state index in [1.165, 1.54) is 5.56 Å². The summed E-state index contributed by atoms with van der Waals surface area (Å²) in [7, 11) is 0. The molecule has 0 atom stereocenters. The molecule has 108 valence electrons. The van der Waals surface area contributed by atoms with Crippen LogP contribution in [0.1, 0.15) is 12.8 Å². The predicted molar refractivity (Wildman–Crippen MR) is 86.9 cm³/mol. The smallest absolute Gasteiger partial charge is 0.127 e. The first-order valence-corrected chi connectivity index (χ1v) is 7.48. The van der Waals surface area contributed by atoms with Crippen molar-refractivity contribution in [2.75, 3.05) is 19.7 Å². The van der Waals surface area contributed by atoms with Gasteiger partial charge in [0.05, 0.1) is 19.0 Å². The lowest BCUT2D eigenvalue weighted by atomic mass is 10.1. The van der Waals surface area contributed by atoms with Gasteiger partial charge in [-0.05, 0) is 18.1 Å². The molecule has 0 spiro atoms. The van der Waals surface area contributed by atoms with Gasteiger partial charge in [0.1, 0.15) is 5.75 Å². The molecule has 1 N–H and O–H groups in total. The summed E-state index contributed by atoms with van der Waals surface area (Å²) in [6.07, 6.45) is 1.95. The third kappa shape index (κ3) is 3.63. The van der Waals surface area contributed by atoms with Gasteiger partial charge in [0.15, 0.2) is 0 Å². The summed E-state index contributed by atoms with van der Waals surface area (Å²) in [6.45, 7) is 2.60. The number of para-hydroxylation sites is 1. The predicted octanol–water partition coefficient (Wildman–Crippen LogP) is 3.51. The summed E-state index contributed by atoms with van der Waals surface area (Å²) in [6, 6.07) is 18.6. The third-order valence-corrected chi connectivity index (χ3v) is 3.53. The van der Waals surface area contributed by atoms with Gasteiger partial charge in [-0.1, -0.05) is 48.5 Å². The Morgan fingerprint density at radius 1 is 1.00 bits per heavy atom. The van der Waals surface area contributed by atoms with Crippen LogP contribution in [0.25, 0.3) is 11.1 Å². The number of ether oxygens (including phenoxy) is 1. The summed E-state index contributed by atoms with van der Waals surface area (Å²) < 4.78 is 5.97. The number of amidine groups is 1. The third-order valence-electron chi connectivity index (χ3n) is 3.53. The summed E-state index contributed by atoms with van der Waals surface area (Å²) in [5.74, 6) is 2.07. The van der Waals surface area contributed by atoms with Gasteiger partial charge in [0.2, 0.25) is 0 Å². The number of nitrogens with zero attached hydrogens (tertiary/aromatic N) is 1. The number of rotatable bonds is 6. The molecule has 21 heavy (non-hydrogen) atoms. The molecule has 1 aliphatic heterocycles. The van der Waals surface area contributed by atoms with Crippen LogP contribution in [0.15, 0.2) is 59.6 Å². The summed E-state index contributed by atoms with van der Waals surface area (Å²) in [5, 5.41) is 3.29. The highest BCUT2D eigenvalue weighted by Gasteiger charge is 2.07. The van der Waals surface area contributed by atoms with Crippen molar-refractivity contribution in [1.82, 2.24) is 5.32 Å². The first-order valence-electron chi connectivity index (χ1n) is 7.48. The number of nitrogens with one attached hydrogen (secondary N) is 1. The number of hydrogen-bond donors (Lipinski definition) is 1. The highest BCUT2D eigenvalue weighted by atomic mass is 16.5. The SMILES string of the molecule is c1ccc(-c2ccccc2OCCCC2=NCCN2)cc1. The van der Waals surface area contributed by atoms with E-state index in [9.17, 15) is 0 Å². The van der Waals surface area contributed by atoms with E-state index >= 15 is 0 Å². The van der Waals surface area contributed by atoms with Crippen molar-refractivity contribution in [3.8, 4) is 16.9 Å². The maximum absolute atomic E-state index is 5.97. The molecule has 0 aliphatic carbocycles. The Bertz CT molecular complexity index is 608. The molecule has 2 aromatic rings. The minimum absolute atomic E-state index is 0.713. The van der Waals surface area contributed by atoms with Gasteiger partial charge in [-0.25, -0.2) is 0 Å². The van der Waals surface area contributed by atoms with Crippen molar-refractivity contribution in [2.45, 2.75) is 12.8 Å². The van der Waals surface area contributed by atoms with Crippen molar-refractivity contribution in [2.24, 2.45) is 4.99 Å². The van der Waals surface area contributed by atoms with Crippen molar-refractivity contribution in [1.29, 1.82) is 0 Å².